The first kappa shape index (κ1) is 26.3. The van der Waals surface area contributed by atoms with Gasteiger partial charge in [-0.2, -0.15) is 18.3 Å². The van der Waals surface area contributed by atoms with Crippen molar-refractivity contribution in [2.75, 3.05) is 0 Å². The monoisotopic (exact) mass is 572 g/mol. The molecular formula is C29H19F3N6O2S. The quantitative estimate of drug-likeness (QED) is 0.220. The van der Waals surface area contributed by atoms with Crippen molar-refractivity contribution in [1.82, 2.24) is 29.7 Å². The van der Waals surface area contributed by atoms with Crippen LogP contribution in [0.1, 0.15) is 16.8 Å². The first-order valence-corrected chi connectivity index (χ1v) is 13.1. The maximum atomic E-state index is 13.3. The van der Waals surface area contributed by atoms with Gasteiger partial charge in [0.25, 0.3) is 11.1 Å². The van der Waals surface area contributed by atoms with E-state index in [9.17, 15) is 22.8 Å². The number of thioether (sulfide) groups is 1. The fourth-order valence-corrected chi connectivity index (χ4v) is 5.10. The zero-order valence-electron chi connectivity index (χ0n) is 21.1. The lowest BCUT2D eigenvalue weighted by Gasteiger charge is -2.09. The molecule has 6 rings (SSSR count). The minimum absolute atomic E-state index is 0.141. The molecule has 2 amide bonds. The Morgan fingerprint density at radius 1 is 0.805 bits per heavy atom. The van der Waals surface area contributed by atoms with Gasteiger partial charge in [-0.05, 0) is 54.2 Å². The number of amides is 2. The number of carbonyl (C=O) groups excluding carboxylic acids is 2. The molecule has 5 aromatic rings. The second-order valence-corrected chi connectivity index (χ2v) is 10.0. The topological polar surface area (TPSA) is 85.9 Å². The van der Waals surface area contributed by atoms with Gasteiger partial charge in [0.05, 0.1) is 40.3 Å². The van der Waals surface area contributed by atoms with Crippen molar-refractivity contribution in [1.29, 1.82) is 0 Å². The first-order valence-electron chi connectivity index (χ1n) is 12.3. The molecule has 0 radical (unpaired) electrons. The third-order valence-corrected chi connectivity index (χ3v) is 7.20. The number of halogens is 3. The number of para-hydroxylation sites is 1. The zero-order valence-corrected chi connectivity index (χ0v) is 21.9. The van der Waals surface area contributed by atoms with Crippen LogP contribution in [-0.4, -0.2) is 40.8 Å². The van der Waals surface area contributed by atoms with Crippen LogP contribution in [0.25, 0.3) is 28.7 Å². The largest absolute Gasteiger partial charge is 0.416 e. The van der Waals surface area contributed by atoms with Gasteiger partial charge in [-0.15, -0.1) is 5.10 Å². The van der Waals surface area contributed by atoms with Crippen LogP contribution in [0.3, 0.4) is 0 Å². The molecule has 3 aromatic carbocycles. The number of benzene rings is 3. The summed E-state index contributed by atoms with van der Waals surface area (Å²) in [4.78, 5) is 27.4. The molecule has 8 nitrogen and oxygen atoms in total. The van der Waals surface area contributed by atoms with E-state index >= 15 is 0 Å². The van der Waals surface area contributed by atoms with E-state index in [4.69, 9.17) is 5.10 Å². The van der Waals surface area contributed by atoms with Crippen molar-refractivity contribution in [3.63, 3.8) is 0 Å². The molecule has 0 saturated carbocycles. The Labute approximate surface area is 235 Å². The molecule has 0 atom stereocenters. The lowest BCUT2D eigenvalue weighted by Crippen LogP contribution is -2.27. The summed E-state index contributed by atoms with van der Waals surface area (Å²) in [6.07, 6.45) is 0.473. The number of rotatable bonds is 6. The number of nitrogens with zero attached hydrogens (tertiary/aromatic N) is 6. The fraction of sp³-hybridized carbons (Fsp3) is 0.0690. The average Bonchev–Trinajstić information content (AvgIpc) is 3.69. The number of imide groups is 1. The highest BCUT2D eigenvalue weighted by molar-refractivity contribution is 8.18. The molecular weight excluding hydrogens is 553 g/mol. The number of aromatic nitrogens is 5. The fourth-order valence-electron chi connectivity index (χ4n) is 4.27. The summed E-state index contributed by atoms with van der Waals surface area (Å²) in [6.45, 7) is -0.141. The summed E-state index contributed by atoms with van der Waals surface area (Å²) in [5, 5.41) is 12.2. The van der Waals surface area contributed by atoms with Crippen molar-refractivity contribution >= 4 is 29.0 Å². The van der Waals surface area contributed by atoms with Gasteiger partial charge in [0.1, 0.15) is 5.69 Å². The normalized spacial score (nSPS) is 14.8. The summed E-state index contributed by atoms with van der Waals surface area (Å²) in [7, 11) is 0. The number of carbonyl (C=O) groups is 2. The van der Waals surface area contributed by atoms with Crippen molar-refractivity contribution in [2.24, 2.45) is 0 Å². The molecule has 41 heavy (non-hydrogen) atoms. The van der Waals surface area contributed by atoms with E-state index in [0.29, 0.717) is 22.6 Å². The molecule has 1 aliphatic rings. The van der Waals surface area contributed by atoms with Crippen LogP contribution in [0.15, 0.2) is 102 Å². The molecule has 1 saturated heterocycles. The van der Waals surface area contributed by atoms with Crippen LogP contribution in [0, 0.1) is 0 Å². The first-order chi connectivity index (χ1) is 19.8. The molecule has 12 heteroatoms. The van der Waals surface area contributed by atoms with Crippen LogP contribution in [-0.2, 0) is 17.5 Å². The van der Waals surface area contributed by atoms with E-state index in [1.807, 2.05) is 60.7 Å². The molecule has 204 valence electrons. The summed E-state index contributed by atoms with van der Waals surface area (Å²) < 4.78 is 41.6. The van der Waals surface area contributed by atoms with E-state index in [2.05, 4.69) is 10.3 Å². The maximum absolute atomic E-state index is 13.3. The van der Waals surface area contributed by atoms with Crippen molar-refractivity contribution < 1.29 is 22.8 Å². The Hall–Kier alpha value is -4.97. The summed E-state index contributed by atoms with van der Waals surface area (Å²) in [5.74, 6) is -0.490. The standard InChI is InChI=1S/C29H19F3N6O2S/c30-29(31,32)21-11-13-24(14-12-21)38-18-22(33-35-38)17-36-27(39)25(41-28(36)40)15-20-16-37(23-9-5-2-6-10-23)34-26(20)19-7-3-1-4-8-19/h1-16,18H,17H2/b25-15-. The third-order valence-electron chi connectivity index (χ3n) is 6.29. The van der Waals surface area contributed by atoms with Gasteiger partial charge in [-0.3, -0.25) is 14.5 Å². The van der Waals surface area contributed by atoms with Gasteiger partial charge in [-0.25, -0.2) is 9.36 Å². The maximum Gasteiger partial charge on any atom is 0.416 e. The minimum Gasteiger partial charge on any atom is -0.268 e. The van der Waals surface area contributed by atoms with Crippen LogP contribution in [0.4, 0.5) is 18.0 Å². The van der Waals surface area contributed by atoms with Crippen molar-refractivity contribution in [3.8, 4) is 22.6 Å². The zero-order chi connectivity index (χ0) is 28.6. The highest BCUT2D eigenvalue weighted by atomic mass is 32.2. The molecule has 0 aliphatic carbocycles. The highest BCUT2D eigenvalue weighted by Gasteiger charge is 2.36. The van der Waals surface area contributed by atoms with Gasteiger partial charge in [-0.1, -0.05) is 53.7 Å². The Bertz CT molecular complexity index is 1760. The molecule has 0 bridgehead atoms. The highest BCUT2D eigenvalue weighted by Crippen LogP contribution is 2.35. The summed E-state index contributed by atoms with van der Waals surface area (Å²) in [6, 6.07) is 23.5. The molecule has 3 heterocycles. The van der Waals surface area contributed by atoms with Crippen LogP contribution in [0.2, 0.25) is 0 Å². The van der Waals surface area contributed by atoms with Gasteiger partial charge < -0.3 is 0 Å². The van der Waals surface area contributed by atoms with Crippen molar-refractivity contribution in [2.45, 2.75) is 12.7 Å². The van der Waals surface area contributed by atoms with Crippen LogP contribution >= 0.6 is 11.8 Å². The smallest absolute Gasteiger partial charge is 0.268 e. The molecule has 0 N–H and O–H groups in total. The third kappa shape index (κ3) is 5.41. The second kappa shape index (κ2) is 10.5. The molecule has 0 unspecified atom stereocenters. The minimum atomic E-state index is -4.45. The van der Waals surface area contributed by atoms with Gasteiger partial charge in [0, 0.05) is 17.3 Å². The Morgan fingerprint density at radius 2 is 1.46 bits per heavy atom. The van der Waals surface area contributed by atoms with E-state index < -0.39 is 22.9 Å². The lowest BCUT2D eigenvalue weighted by molar-refractivity contribution is -0.137. The Balaban J connectivity index is 1.25. The van der Waals surface area contributed by atoms with E-state index in [-0.39, 0.29) is 11.4 Å². The Kier molecular flexibility index (Phi) is 6.75. The summed E-state index contributed by atoms with van der Waals surface area (Å²) in [5.41, 5.74) is 2.89. The van der Waals surface area contributed by atoms with Gasteiger partial charge in [0.2, 0.25) is 0 Å². The van der Waals surface area contributed by atoms with Gasteiger partial charge >= 0.3 is 6.18 Å². The number of alkyl halides is 3. The predicted molar refractivity (Wildman–Crippen MR) is 147 cm³/mol. The van der Waals surface area contributed by atoms with Crippen molar-refractivity contribution in [3.05, 3.63) is 119 Å². The lowest BCUT2D eigenvalue weighted by atomic mass is 10.1. The second-order valence-electron chi connectivity index (χ2n) is 9.05. The predicted octanol–water partition coefficient (Wildman–Crippen LogP) is 6.38. The van der Waals surface area contributed by atoms with Gasteiger partial charge in [0.15, 0.2) is 0 Å². The number of hydrogen-bond acceptors (Lipinski definition) is 6. The molecule has 0 spiro atoms. The number of hydrogen-bond donors (Lipinski definition) is 0. The Morgan fingerprint density at radius 3 is 2.15 bits per heavy atom. The average molecular weight is 573 g/mol. The van der Waals surface area contributed by atoms with E-state index in [0.717, 1.165) is 40.0 Å². The SMILES string of the molecule is O=C1S/C(=C\c2cn(-c3ccccc3)nc2-c2ccccc2)C(=O)N1Cc1cn(-c2ccc(C(F)(F)F)cc2)nn1. The molecule has 1 aliphatic heterocycles. The van der Waals surface area contributed by atoms with Crippen LogP contribution in [0.5, 0.6) is 0 Å². The van der Waals surface area contributed by atoms with E-state index in [1.54, 1.807) is 17.0 Å². The summed E-state index contributed by atoms with van der Waals surface area (Å²) >= 11 is 0.812. The van der Waals surface area contributed by atoms with Crippen LogP contribution < -0.4 is 0 Å². The molecule has 2 aromatic heterocycles. The van der Waals surface area contributed by atoms with E-state index in [1.165, 1.54) is 23.0 Å². The molecule has 1 fully saturated rings.